The molecule has 0 saturated heterocycles. The Morgan fingerprint density at radius 1 is 1.38 bits per heavy atom. The van der Waals surface area contributed by atoms with E-state index in [1.807, 2.05) is 13.0 Å². The summed E-state index contributed by atoms with van der Waals surface area (Å²) in [7, 11) is 0. The third-order valence-corrected chi connectivity index (χ3v) is 1.64. The molecular formula is C8H9N5. The first kappa shape index (κ1) is 7.72. The van der Waals surface area contributed by atoms with Crippen LogP contribution in [0.1, 0.15) is 5.82 Å². The summed E-state index contributed by atoms with van der Waals surface area (Å²) in [6, 6.07) is 3.56. The molecule has 2 rings (SSSR count). The maximum Gasteiger partial charge on any atom is 0.182 e. The van der Waals surface area contributed by atoms with Crippen molar-refractivity contribution < 1.29 is 0 Å². The summed E-state index contributed by atoms with van der Waals surface area (Å²) in [6.07, 6.45) is 1.65. The van der Waals surface area contributed by atoms with Crippen molar-refractivity contribution in [2.75, 3.05) is 5.73 Å². The lowest BCUT2D eigenvalue weighted by atomic mass is 10.3. The van der Waals surface area contributed by atoms with Crippen LogP contribution in [0.15, 0.2) is 18.3 Å². The molecule has 3 N–H and O–H groups in total. The van der Waals surface area contributed by atoms with Gasteiger partial charge in [-0.25, -0.2) is 9.97 Å². The number of H-pyrrole nitrogens is 1. The van der Waals surface area contributed by atoms with Gasteiger partial charge in [-0.1, -0.05) is 0 Å². The highest BCUT2D eigenvalue weighted by atomic mass is 15.2. The molecule has 13 heavy (non-hydrogen) atoms. The highest BCUT2D eigenvalue weighted by molar-refractivity contribution is 5.54. The Bertz CT molecular complexity index is 403. The van der Waals surface area contributed by atoms with Gasteiger partial charge in [-0.15, -0.1) is 0 Å². The van der Waals surface area contributed by atoms with Crippen molar-refractivity contribution in [3.63, 3.8) is 0 Å². The van der Waals surface area contributed by atoms with Gasteiger partial charge in [-0.3, -0.25) is 5.10 Å². The van der Waals surface area contributed by atoms with E-state index in [2.05, 4.69) is 20.2 Å². The van der Waals surface area contributed by atoms with E-state index in [0.29, 0.717) is 11.6 Å². The zero-order chi connectivity index (χ0) is 9.26. The lowest BCUT2D eigenvalue weighted by Crippen LogP contribution is -1.89. The molecule has 0 bridgehead atoms. The van der Waals surface area contributed by atoms with Crippen LogP contribution in [0.3, 0.4) is 0 Å². The van der Waals surface area contributed by atoms with Crippen LogP contribution in [0.2, 0.25) is 0 Å². The number of aromatic amines is 1. The summed E-state index contributed by atoms with van der Waals surface area (Å²) in [5.41, 5.74) is 6.31. The predicted molar refractivity (Wildman–Crippen MR) is 48.8 cm³/mol. The van der Waals surface area contributed by atoms with Crippen LogP contribution in [0.4, 0.5) is 5.82 Å². The minimum absolute atomic E-state index is 0.496. The Morgan fingerprint density at radius 3 is 2.77 bits per heavy atom. The van der Waals surface area contributed by atoms with E-state index in [1.165, 1.54) is 0 Å². The third kappa shape index (κ3) is 1.48. The van der Waals surface area contributed by atoms with E-state index in [0.717, 1.165) is 11.4 Å². The average molecular weight is 175 g/mol. The number of nitrogen functional groups attached to an aromatic ring is 1. The molecule has 0 aliphatic carbocycles. The third-order valence-electron chi connectivity index (χ3n) is 1.64. The Hall–Kier alpha value is -1.91. The minimum atomic E-state index is 0.496. The molecule has 2 heterocycles. The number of nitrogens with zero attached hydrogens (tertiary/aromatic N) is 3. The lowest BCUT2D eigenvalue weighted by Gasteiger charge is -1.94. The minimum Gasteiger partial charge on any atom is -0.384 e. The summed E-state index contributed by atoms with van der Waals surface area (Å²) in [5, 5.41) is 6.76. The molecule has 66 valence electrons. The molecule has 0 radical (unpaired) electrons. The fourth-order valence-corrected chi connectivity index (χ4v) is 1.01. The van der Waals surface area contributed by atoms with Crippen molar-refractivity contribution in [1.29, 1.82) is 0 Å². The van der Waals surface area contributed by atoms with Gasteiger partial charge < -0.3 is 5.73 Å². The number of aromatic nitrogens is 4. The standard InChI is InChI=1S/C8H9N5/c1-5-11-8(13-12-5)6-2-3-7(9)10-4-6/h2-4H,1H3,(H2,9,10)(H,11,12,13). The second-order valence-corrected chi connectivity index (χ2v) is 2.72. The first-order valence-corrected chi connectivity index (χ1v) is 3.86. The largest absolute Gasteiger partial charge is 0.384 e. The molecule has 0 aliphatic heterocycles. The highest BCUT2D eigenvalue weighted by Crippen LogP contribution is 2.13. The average Bonchev–Trinajstić information content (AvgIpc) is 2.53. The van der Waals surface area contributed by atoms with E-state index >= 15 is 0 Å². The molecule has 5 nitrogen and oxygen atoms in total. The first-order chi connectivity index (χ1) is 6.25. The summed E-state index contributed by atoms with van der Waals surface area (Å²) in [6.45, 7) is 1.85. The topological polar surface area (TPSA) is 80.5 Å². The van der Waals surface area contributed by atoms with E-state index in [1.54, 1.807) is 12.3 Å². The number of pyridine rings is 1. The van der Waals surface area contributed by atoms with Crippen molar-refractivity contribution >= 4 is 5.82 Å². The summed E-state index contributed by atoms with van der Waals surface area (Å²) < 4.78 is 0. The van der Waals surface area contributed by atoms with E-state index in [4.69, 9.17) is 5.73 Å². The molecule has 2 aromatic rings. The lowest BCUT2D eigenvalue weighted by molar-refractivity contribution is 1.04. The SMILES string of the molecule is Cc1nc(-c2ccc(N)nc2)n[nH]1. The van der Waals surface area contributed by atoms with Crippen LogP contribution in [-0.2, 0) is 0 Å². The number of hydrogen-bond donors (Lipinski definition) is 2. The van der Waals surface area contributed by atoms with Crippen molar-refractivity contribution in [3.05, 3.63) is 24.2 Å². The number of rotatable bonds is 1. The maximum atomic E-state index is 5.45. The zero-order valence-corrected chi connectivity index (χ0v) is 7.15. The van der Waals surface area contributed by atoms with Crippen LogP contribution < -0.4 is 5.73 Å². The van der Waals surface area contributed by atoms with Gasteiger partial charge in [0.25, 0.3) is 0 Å². The molecule has 0 fully saturated rings. The smallest absolute Gasteiger partial charge is 0.182 e. The number of hydrogen-bond acceptors (Lipinski definition) is 4. The van der Waals surface area contributed by atoms with Crippen LogP contribution >= 0.6 is 0 Å². The van der Waals surface area contributed by atoms with Crippen LogP contribution in [0.5, 0.6) is 0 Å². The van der Waals surface area contributed by atoms with Gasteiger partial charge in [-0.2, -0.15) is 5.10 Å². The monoisotopic (exact) mass is 175 g/mol. The molecule has 0 aromatic carbocycles. The summed E-state index contributed by atoms with van der Waals surface area (Å²) in [4.78, 5) is 8.11. The van der Waals surface area contributed by atoms with E-state index < -0.39 is 0 Å². The first-order valence-electron chi connectivity index (χ1n) is 3.86. The van der Waals surface area contributed by atoms with Crippen LogP contribution in [0.25, 0.3) is 11.4 Å². The predicted octanol–water partition coefficient (Wildman–Crippen LogP) is 0.757. The molecule has 0 atom stereocenters. The number of nitrogens with two attached hydrogens (primary N) is 1. The van der Waals surface area contributed by atoms with Gasteiger partial charge in [0.1, 0.15) is 11.6 Å². The van der Waals surface area contributed by atoms with Gasteiger partial charge in [0.05, 0.1) is 0 Å². The second-order valence-electron chi connectivity index (χ2n) is 2.72. The van der Waals surface area contributed by atoms with Gasteiger partial charge >= 0.3 is 0 Å². The number of nitrogens with one attached hydrogen (secondary N) is 1. The molecular weight excluding hydrogens is 166 g/mol. The van der Waals surface area contributed by atoms with Gasteiger partial charge in [-0.05, 0) is 19.1 Å². The molecule has 0 aliphatic rings. The molecule has 5 heteroatoms. The normalized spacial score (nSPS) is 10.2. The molecule has 0 amide bonds. The Morgan fingerprint density at radius 2 is 2.23 bits per heavy atom. The van der Waals surface area contributed by atoms with E-state index in [-0.39, 0.29) is 0 Å². The maximum absolute atomic E-state index is 5.45. The second kappa shape index (κ2) is 2.85. The quantitative estimate of drug-likeness (QED) is 0.670. The zero-order valence-electron chi connectivity index (χ0n) is 7.15. The molecule has 2 aromatic heterocycles. The van der Waals surface area contributed by atoms with Gasteiger partial charge in [0.15, 0.2) is 5.82 Å². The fraction of sp³-hybridized carbons (Fsp3) is 0.125. The summed E-state index contributed by atoms with van der Waals surface area (Å²) >= 11 is 0. The van der Waals surface area contributed by atoms with Gasteiger partial charge in [0.2, 0.25) is 0 Å². The molecule has 0 spiro atoms. The summed E-state index contributed by atoms with van der Waals surface area (Å²) in [5.74, 6) is 1.92. The van der Waals surface area contributed by atoms with Crippen molar-refractivity contribution in [2.24, 2.45) is 0 Å². The Balaban J connectivity index is 2.41. The van der Waals surface area contributed by atoms with E-state index in [9.17, 15) is 0 Å². The van der Waals surface area contributed by atoms with Crippen LogP contribution in [-0.4, -0.2) is 20.2 Å². The molecule has 0 saturated carbocycles. The van der Waals surface area contributed by atoms with Crippen LogP contribution in [0, 0.1) is 6.92 Å². The Labute approximate surface area is 75.0 Å². The van der Waals surface area contributed by atoms with Crippen molar-refractivity contribution in [2.45, 2.75) is 6.92 Å². The number of aryl methyl sites for hydroxylation is 1. The van der Waals surface area contributed by atoms with Crippen molar-refractivity contribution in [1.82, 2.24) is 20.2 Å². The number of anilines is 1. The fourth-order valence-electron chi connectivity index (χ4n) is 1.01. The highest BCUT2D eigenvalue weighted by Gasteiger charge is 2.02. The van der Waals surface area contributed by atoms with Gasteiger partial charge in [0, 0.05) is 11.8 Å². The molecule has 0 unspecified atom stereocenters. The van der Waals surface area contributed by atoms with Crippen molar-refractivity contribution in [3.8, 4) is 11.4 Å². The Kier molecular flexibility index (Phi) is 1.70.